The lowest BCUT2D eigenvalue weighted by molar-refractivity contribution is 0.624. The molecule has 2 rings (SSSR count). The van der Waals surface area contributed by atoms with Crippen LogP contribution in [0.5, 0.6) is 0 Å². The average Bonchev–Trinajstić information content (AvgIpc) is 3.18. The SMILES string of the molecule is CCNC(=NCCc1csc(N2CCCC2)n1)NC(C)CC.I. The van der Waals surface area contributed by atoms with Crippen molar-refractivity contribution in [2.24, 2.45) is 4.99 Å². The number of rotatable bonds is 7. The van der Waals surface area contributed by atoms with Crippen LogP contribution in [0.25, 0.3) is 0 Å². The van der Waals surface area contributed by atoms with Crippen molar-refractivity contribution in [2.75, 3.05) is 31.1 Å². The van der Waals surface area contributed by atoms with E-state index in [0.717, 1.165) is 50.7 Å². The highest BCUT2D eigenvalue weighted by Crippen LogP contribution is 2.24. The number of aliphatic imine (C=N–C) groups is 1. The molecule has 1 saturated heterocycles. The Hall–Kier alpha value is -0.570. The van der Waals surface area contributed by atoms with Gasteiger partial charge in [-0.15, -0.1) is 35.3 Å². The van der Waals surface area contributed by atoms with Crippen molar-refractivity contribution >= 4 is 46.4 Å². The second kappa shape index (κ2) is 11.1. The zero-order valence-electron chi connectivity index (χ0n) is 14.5. The Kier molecular flexibility index (Phi) is 9.85. The molecule has 23 heavy (non-hydrogen) atoms. The van der Waals surface area contributed by atoms with Gasteiger partial charge >= 0.3 is 0 Å². The molecule has 1 atom stereocenters. The highest BCUT2D eigenvalue weighted by atomic mass is 127. The van der Waals surface area contributed by atoms with Gasteiger partial charge in [0.1, 0.15) is 0 Å². The van der Waals surface area contributed by atoms with E-state index in [-0.39, 0.29) is 24.0 Å². The highest BCUT2D eigenvalue weighted by molar-refractivity contribution is 14.0. The summed E-state index contributed by atoms with van der Waals surface area (Å²) in [6, 6.07) is 0.443. The summed E-state index contributed by atoms with van der Waals surface area (Å²) >= 11 is 1.77. The van der Waals surface area contributed by atoms with E-state index in [9.17, 15) is 0 Å². The number of hydrogen-bond donors (Lipinski definition) is 2. The predicted molar refractivity (Wildman–Crippen MR) is 112 cm³/mol. The number of nitrogens with one attached hydrogen (secondary N) is 2. The van der Waals surface area contributed by atoms with Gasteiger partial charge in [0, 0.05) is 44.0 Å². The number of thiazole rings is 1. The zero-order valence-corrected chi connectivity index (χ0v) is 17.6. The molecule has 2 heterocycles. The van der Waals surface area contributed by atoms with E-state index < -0.39 is 0 Å². The van der Waals surface area contributed by atoms with Gasteiger partial charge in [-0.25, -0.2) is 4.98 Å². The number of aromatic nitrogens is 1. The summed E-state index contributed by atoms with van der Waals surface area (Å²) in [5, 5.41) is 10.1. The molecule has 1 unspecified atom stereocenters. The Labute approximate surface area is 161 Å². The van der Waals surface area contributed by atoms with Gasteiger partial charge in [-0.05, 0) is 33.1 Å². The number of nitrogens with zero attached hydrogens (tertiary/aromatic N) is 3. The van der Waals surface area contributed by atoms with Crippen molar-refractivity contribution in [3.05, 3.63) is 11.1 Å². The van der Waals surface area contributed by atoms with E-state index in [0.29, 0.717) is 6.04 Å². The maximum atomic E-state index is 4.75. The third kappa shape index (κ3) is 6.82. The molecule has 0 aliphatic carbocycles. The Bertz CT molecular complexity index is 471. The summed E-state index contributed by atoms with van der Waals surface area (Å²) < 4.78 is 0. The lowest BCUT2D eigenvalue weighted by Gasteiger charge is -2.16. The molecule has 1 aromatic rings. The standard InChI is InChI=1S/C16H29N5S.HI/c1-4-13(3)19-15(17-5-2)18-9-8-14-12-22-16(20-14)21-10-6-7-11-21;/h12-13H,4-11H2,1-3H3,(H2,17,18,19);1H. The fourth-order valence-corrected chi connectivity index (χ4v) is 3.32. The monoisotopic (exact) mass is 451 g/mol. The van der Waals surface area contributed by atoms with E-state index in [1.807, 2.05) is 0 Å². The Morgan fingerprint density at radius 3 is 2.78 bits per heavy atom. The van der Waals surface area contributed by atoms with Crippen LogP contribution < -0.4 is 15.5 Å². The topological polar surface area (TPSA) is 52.6 Å². The first-order chi connectivity index (χ1) is 10.7. The van der Waals surface area contributed by atoms with Crippen LogP contribution in [0, 0.1) is 0 Å². The molecule has 1 aromatic heterocycles. The summed E-state index contributed by atoms with van der Waals surface area (Å²) in [6.45, 7) is 10.4. The number of hydrogen-bond acceptors (Lipinski definition) is 4. The Morgan fingerprint density at radius 2 is 2.13 bits per heavy atom. The second-order valence-electron chi connectivity index (χ2n) is 5.78. The quantitative estimate of drug-likeness (QED) is 0.380. The summed E-state index contributed by atoms with van der Waals surface area (Å²) in [4.78, 5) is 11.8. The Balaban J connectivity index is 0.00000264. The zero-order chi connectivity index (χ0) is 15.8. The summed E-state index contributed by atoms with van der Waals surface area (Å²) in [5.41, 5.74) is 1.16. The van der Waals surface area contributed by atoms with Crippen molar-refractivity contribution in [2.45, 2.75) is 52.5 Å². The first-order valence-corrected chi connectivity index (χ1v) is 9.35. The lowest BCUT2D eigenvalue weighted by atomic mass is 10.3. The van der Waals surface area contributed by atoms with Crippen LogP contribution in [0.3, 0.4) is 0 Å². The molecule has 0 spiro atoms. The van der Waals surface area contributed by atoms with Crippen molar-refractivity contribution in [1.29, 1.82) is 0 Å². The van der Waals surface area contributed by atoms with E-state index in [1.54, 1.807) is 11.3 Å². The number of anilines is 1. The van der Waals surface area contributed by atoms with Crippen LogP contribution >= 0.6 is 35.3 Å². The smallest absolute Gasteiger partial charge is 0.191 e. The van der Waals surface area contributed by atoms with Gasteiger partial charge < -0.3 is 15.5 Å². The summed E-state index contributed by atoms with van der Waals surface area (Å²) in [6.07, 6.45) is 4.59. The molecule has 0 bridgehead atoms. The van der Waals surface area contributed by atoms with Crippen LogP contribution in [-0.2, 0) is 6.42 Å². The normalized spacial score (nSPS) is 16.1. The maximum absolute atomic E-state index is 4.75. The molecular formula is C16H30IN5S. The van der Waals surface area contributed by atoms with Gasteiger partial charge in [0.2, 0.25) is 0 Å². The van der Waals surface area contributed by atoms with Gasteiger partial charge in [-0.2, -0.15) is 0 Å². The third-order valence-corrected chi connectivity index (χ3v) is 4.84. The largest absolute Gasteiger partial charge is 0.357 e. The van der Waals surface area contributed by atoms with Gasteiger partial charge in [-0.1, -0.05) is 6.92 Å². The van der Waals surface area contributed by atoms with Gasteiger partial charge in [0.05, 0.1) is 5.69 Å². The molecule has 132 valence electrons. The molecular weight excluding hydrogens is 421 g/mol. The van der Waals surface area contributed by atoms with Gasteiger partial charge in [0.25, 0.3) is 0 Å². The third-order valence-electron chi connectivity index (χ3n) is 3.89. The molecule has 1 fully saturated rings. The fourth-order valence-electron chi connectivity index (χ4n) is 2.40. The minimum absolute atomic E-state index is 0. The molecule has 2 N–H and O–H groups in total. The fraction of sp³-hybridized carbons (Fsp3) is 0.750. The van der Waals surface area contributed by atoms with E-state index in [1.165, 1.54) is 18.0 Å². The molecule has 0 amide bonds. The van der Waals surface area contributed by atoms with Crippen LogP contribution in [-0.4, -0.2) is 43.2 Å². The number of guanidine groups is 1. The van der Waals surface area contributed by atoms with E-state index in [2.05, 4.69) is 46.7 Å². The molecule has 0 radical (unpaired) electrons. The summed E-state index contributed by atoms with van der Waals surface area (Å²) in [5.74, 6) is 0.909. The van der Waals surface area contributed by atoms with E-state index in [4.69, 9.17) is 4.98 Å². The van der Waals surface area contributed by atoms with Crippen molar-refractivity contribution in [1.82, 2.24) is 15.6 Å². The minimum Gasteiger partial charge on any atom is -0.357 e. The van der Waals surface area contributed by atoms with Crippen molar-refractivity contribution < 1.29 is 0 Å². The Morgan fingerprint density at radius 1 is 1.39 bits per heavy atom. The molecule has 7 heteroatoms. The van der Waals surface area contributed by atoms with Crippen LogP contribution in [0.1, 0.15) is 45.7 Å². The van der Waals surface area contributed by atoms with Crippen LogP contribution in [0.4, 0.5) is 5.13 Å². The summed E-state index contributed by atoms with van der Waals surface area (Å²) in [7, 11) is 0. The predicted octanol–water partition coefficient (Wildman–Crippen LogP) is 3.26. The molecule has 1 aliphatic rings. The van der Waals surface area contributed by atoms with Crippen LogP contribution in [0.2, 0.25) is 0 Å². The van der Waals surface area contributed by atoms with Crippen molar-refractivity contribution in [3.8, 4) is 0 Å². The second-order valence-corrected chi connectivity index (χ2v) is 6.62. The number of halogens is 1. The van der Waals surface area contributed by atoms with Gasteiger partial charge in [-0.3, -0.25) is 4.99 Å². The molecule has 0 saturated carbocycles. The average molecular weight is 451 g/mol. The molecule has 0 aromatic carbocycles. The first-order valence-electron chi connectivity index (χ1n) is 8.47. The first kappa shape index (κ1) is 20.5. The van der Waals surface area contributed by atoms with Crippen molar-refractivity contribution in [3.63, 3.8) is 0 Å². The lowest BCUT2D eigenvalue weighted by Crippen LogP contribution is -2.42. The highest BCUT2D eigenvalue weighted by Gasteiger charge is 2.15. The molecule has 5 nitrogen and oxygen atoms in total. The van der Waals surface area contributed by atoms with E-state index >= 15 is 0 Å². The van der Waals surface area contributed by atoms with Crippen LogP contribution in [0.15, 0.2) is 10.4 Å². The minimum atomic E-state index is 0. The van der Waals surface area contributed by atoms with Gasteiger partial charge in [0.15, 0.2) is 11.1 Å². The maximum Gasteiger partial charge on any atom is 0.191 e. The molecule has 1 aliphatic heterocycles.